The zero-order valence-corrected chi connectivity index (χ0v) is 46.6. The molecule has 0 atom stereocenters. The molecule has 0 radical (unpaired) electrons. The molecule has 7 aromatic rings. The number of fused-ring (bicyclic) bond motifs is 10. The molecule has 1 aromatic heterocycles. The normalized spacial score (nSPS) is 20.6. The average Bonchev–Trinajstić information content (AvgIpc) is 3.74. The summed E-state index contributed by atoms with van der Waals surface area (Å²) < 4.78 is 6.85. The van der Waals surface area contributed by atoms with Crippen LogP contribution in [0.15, 0.2) is 95.4 Å². The molecule has 0 saturated carbocycles. The van der Waals surface area contributed by atoms with E-state index in [1.807, 2.05) is 0 Å². The van der Waals surface area contributed by atoms with Gasteiger partial charge >= 0.3 is 0 Å². The Kier molecular flexibility index (Phi) is 9.43. The molecule has 0 amide bonds. The van der Waals surface area contributed by atoms with E-state index in [2.05, 4.69) is 225 Å². The van der Waals surface area contributed by atoms with Crippen molar-refractivity contribution < 1.29 is 4.42 Å². The second-order valence-corrected chi connectivity index (χ2v) is 29.1. The predicted octanol–water partition coefficient (Wildman–Crippen LogP) is 16.9. The number of benzene rings is 6. The monoisotopic (exact) mass is 939 g/mol. The third kappa shape index (κ3) is 6.73. The van der Waals surface area contributed by atoms with Crippen LogP contribution >= 0.6 is 0 Å². The Morgan fingerprint density at radius 2 is 0.915 bits per heavy atom. The molecule has 0 fully saturated rings. The van der Waals surface area contributed by atoms with Crippen LogP contribution in [0.3, 0.4) is 0 Å². The number of hydrogen-bond acceptors (Lipinski definition) is 3. The zero-order chi connectivity index (χ0) is 50.7. The lowest BCUT2D eigenvalue weighted by molar-refractivity contribution is 0.332. The Hall–Kier alpha value is -5.22. The van der Waals surface area contributed by atoms with Crippen molar-refractivity contribution in [1.29, 1.82) is 0 Å². The third-order valence-corrected chi connectivity index (χ3v) is 19.0. The maximum Gasteiger partial charge on any atom is 0.252 e. The van der Waals surface area contributed by atoms with Crippen LogP contribution in [-0.2, 0) is 43.3 Å². The molecule has 0 saturated heterocycles. The fourth-order valence-electron chi connectivity index (χ4n) is 14.7. The van der Waals surface area contributed by atoms with Crippen molar-refractivity contribution in [3.05, 3.63) is 136 Å². The summed E-state index contributed by atoms with van der Waals surface area (Å²) in [6.07, 6.45) is 5.84. The van der Waals surface area contributed by atoms with Crippen LogP contribution in [0, 0.1) is 0 Å². The van der Waals surface area contributed by atoms with Gasteiger partial charge in [-0.2, -0.15) is 0 Å². The van der Waals surface area contributed by atoms with E-state index in [9.17, 15) is 0 Å². The van der Waals surface area contributed by atoms with Crippen LogP contribution in [0.1, 0.15) is 201 Å². The van der Waals surface area contributed by atoms with E-state index in [-0.39, 0.29) is 50.0 Å². The first-order valence-corrected chi connectivity index (χ1v) is 27.2. The van der Waals surface area contributed by atoms with Crippen LogP contribution in [-0.4, -0.2) is 6.71 Å². The lowest BCUT2D eigenvalue weighted by Gasteiger charge is -2.48. The van der Waals surface area contributed by atoms with E-state index >= 15 is 0 Å². The van der Waals surface area contributed by atoms with Gasteiger partial charge < -0.3 is 14.2 Å². The summed E-state index contributed by atoms with van der Waals surface area (Å²) in [5.74, 6) is 0. The van der Waals surface area contributed by atoms with E-state index in [1.165, 1.54) is 131 Å². The maximum absolute atomic E-state index is 6.85. The van der Waals surface area contributed by atoms with E-state index in [1.54, 1.807) is 0 Å². The van der Waals surface area contributed by atoms with E-state index in [0.717, 1.165) is 17.6 Å². The van der Waals surface area contributed by atoms with Crippen molar-refractivity contribution in [2.45, 2.75) is 200 Å². The van der Waals surface area contributed by atoms with Gasteiger partial charge in [0.05, 0.1) is 0 Å². The first-order chi connectivity index (χ1) is 32.9. The molecular weight excluding hydrogens is 860 g/mol. The minimum Gasteiger partial charge on any atom is -0.456 e. The number of hydrogen-bond donors (Lipinski definition) is 0. The quantitative estimate of drug-likeness (QED) is 0.161. The Labute approximate surface area is 426 Å². The van der Waals surface area contributed by atoms with Crippen molar-refractivity contribution in [3.63, 3.8) is 0 Å². The van der Waals surface area contributed by atoms with E-state index in [0.29, 0.717) is 0 Å². The molecule has 3 nitrogen and oxygen atoms in total. The van der Waals surface area contributed by atoms with Crippen molar-refractivity contribution in [2.24, 2.45) is 0 Å². The van der Waals surface area contributed by atoms with Crippen LogP contribution in [0.25, 0.3) is 21.9 Å². The molecule has 366 valence electrons. The summed E-state index contributed by atoms with van der Waals surface area (Å²) in [4.78, 5) is 5.46. The summed E-state index contributed by atoms with van der Waals surface area (Å²) in [5.41, 5.74) is 25.5. The van der Waals surface area contributed by atoms with Crippen LogP contribution in [0.4, 0.5) is 34.1 Å². The van der Waals surface area contributed by atoms with Gasteiger partial charge in [-0.15, -0.1) is 0 Å². The van der Waals surface area contributed by atoms with Crippen molar-refractivity contribution >= 4 is 79.2 Å². The lowest BCUT2D eigenvalue weighted by atomic mass is 9.32. The summed E-state index contributed by atoms with van der Waals surface area (Å²) in [6, 6.07) is 37.2. The minimum absolute atomic E-state index is 0.0181. The van der Waals surface area contributed by atoms with Gasteiger partial charge in [-0.1, -0.05) is 161 Å². The van der Waals surface area contributed by atoms with Gasteiger partial charge in [-0.25, -0.2) is 0 Å². The third-order valence-electron chi connectivity index (χ3n) is 19.0. The minimum atomic E-state index is -0.176. The van der Waals surface area contributed by atoms with Gasteiger partial charge in [-0.3, -0.25) is 0 Å². The molecule has 0 N–H and O–H groups in total. The highest BCUT2D eigenvalue weighted by Crippen LogP contribution is 2.56. The number of nitrogens with zero attached hydrogens (tertiary/aromatic N) is 2. The molecular formula is C67H79BN2O. The molecule has 0 spiro atoms. The Bertz CT molecular complexity index is 3450. The molecule has 6 aromatic carbocycles. The summed E-state index contributed by atoms with van der Waals surface area (Å²) in [7, 11) is 0. The van der Waals surface area contributed by atoms with Crippen LogP contribution < -0.4 is 26.2 Å². The average molecular weight is 939 g/mol. The summed E-state index contributed by atoms with van der Waals surface area (Å²) in [5, 5.41) is 2.35. The molecule has 4 heteroatoms. The van der Waals surface area contributed by atoms with Gasteiger partial charge in [0.15, 0.2) is 0 Å². The Morgan fingerprint density at radius 3 is 1.46 bits per heavy atom. The Morgan fingerprint density at radius 1 is 0.437 bits per heavy atom. The second-order valence-electron chi connectivity index (χ2n) is 29.1. The molecule has 0 bridgehead atoms. The highest BCUT2D eigenvalue weighted by atomic mass is 16.3. The number of anilines is 6. The molecule has 5 aliphatic rings. The molecule has 12 rings (SSSR count). The molecule has 3 aliphatic carbocycles. The highest BCUT2D eigenvalue weighted by molar-refractivity contribution is 7.00. The molecule has 2 aliphatic heterocycles. The number of rotatable bonds is 2. The highest BCUT2D eigenvalue weighted by Gasteiger charge is 2.50. The summed E-state index contributed by atoms with van der Waals surface area (Å²) >= 11 is 0. The number of furan rings is 1. The molecule has 0 unspecified atom stereocenters. The van der Waals surface area contributed by atoms with E-state index in [4.69, 9.17) is 4.42 Å². The van der Waals surface area contributed by atoms with Gasteiger partial charge in [0.1, 0.15) is 11.2 Å². The first-order valence-electron chi connectivity index (χ1n) is 27.2. The van der Waals surface area contributed by atoms with Gasteiger partial charge in [0.2, 0.25) is 0 Å². The number of para-hydroxylation sites is 1. The van der Waals surface area contributed by atoms with E-state index < -0.39 is 0 Å². The maximum atomic E-state index is 6.85. The predicted molar refractivity (Wildman–Crippen MR) is 306 cm³/mol. The zero-order valence-electron chi connectivity index (χ0n) is 46.6. The fraction of sp³-hybridized carbons (Fsp3) is 0.463. The summed E-state index contributed by atoms with van der Waals surface area (Å²) in [6.45, 7) is 44.1. The topological polar surface area (TPSA) is 19.6 Å². The van der Waals surface area contributed by atoms with Crippen molar-refractivity contribution in [1.82, 2.24) is 0 Å². The first kappa shape index (κ1) is 46.8. The standard InChI is InChI=1S/C67H79BN2O/c1-60(2,3)39-29-55-58-56(30-39)70(41-31-43-42-21-19-20-22-57(42)71-59(43)50(33-41)61(4,5)6)54-37-49-47(66(15,16)38-67(49,17)18)35-52(54)68(58)51-34-46-48(65(13,14)28-27-64(46,11)12)36-53(51)69(55)40-23-24-44-45(32-40)63(9,10)26-25-62(44,7)8/h19-24,29-37H,25-28,38H2,1-18H3. The van der Waals surface area contributed by atoms with Crippen molar-refractivity contribution in [2.75, 3.05) is 9.80 Å². The van der Waals surface area contributed by atoms with Gasteiger partial charge in [0.25, 0.3) is 6.71 Å². The van der Waals surface area contributed by atoms with Crippen molar-refractivity contribution in [3.8, 4) is 0 Å². The molecule has 71 heavy (non-hydrogen) atoms. The van der Waals surface area contributed by atoms with Crippen LogP contribution in [0.5, 0.6) is 0 Å². The smallest absolute Gasteiger partial charge is 0.252 e. The SMILES string of the molecule is CC(C)(C)c1cc2c3c(c1)N(c1cc(C(C)(C)C)c4oc5ccccc5c4c1)c1cc4c(cc1B3c1cc3c(cc1N2c1ccc2c(c1)C(C)(C)CCC2(C)C)C(C)(C)CCC3(C)C)C(C)(C)CC4(C)C. The fourth-order valence-corrected chi connectivity index (χ4v) is 14.7. The Balaban J connectivity index is 1.26. The lowest BCUT2D eigenvalue weighted by Crippen LogP contribution is -2.62. The van der Waals surface area contributed by atoms with Crippen LogP contribution in [0.2, 0.25) is 0 Å². The van der Waals surface area contributed by atoms with Gasteiger partial charge in [0, 0.05) is 50.5 Å². The molecule has 3 heterocycles. The largest absolute Gasteiger partial charge is 0.456 e. The van der Waals surface area contributed by atoms with Gasteiger partial charge in [-0.05, 0) is 185 Å². The second kappa shape index (κ2) is 14.3.